The number of primary amides is 1. The van der Waals surface area contributed by atoms with Gasteiger partial charge in [0, 0.05) is 0 Å². The summed E-state index contributed by atoms with van der Waals surface area (Å²) in [4.78, 5) is 21.0. The summed E-state index contributed by atoms with van der Waals surface area (Å²) >= 11 is 0. The standard InChI is InChI=1S/C6H13N3O2/c1-3-8-4(2)5(10)9-6(7)11/h4,8H,3H2,1-2H3,(H3,7,9,10,11). The van der Waals surface area contributed by atoms with Crippen LogP contribution < -0.4 is 16.4 Å². The lowest BCUT2D eigenvalue weighted by molar-refractivity contribution is -0.121. The summed E-state index contributed by atoms with van der Waals surface area (Å²) in [6, 6.07) is -1.20. The molecule has 0 fully saturated rings. The Morgan fingerprint density at radius 2 is 2.09 bits per heavy atom. The van der Waals surface area contributed by atoms with Crippen LogP contribution in [0.5, 0.6) is 0 Å². The third kappa shape index (κ3) is 4.32. The fraction of sp³-hybridized carbons (Fsp3) is 0.667. The largest absolute Gasteiger partial charge is 0.351 e. The summed E-state index contributed by atoms with van der Waals surface area (Å²) in [5.41, 5.74) is 4.73. The highest BCUT2D eigenvalue weighted by Crippen LogP contribution is 1.79. The van der Waals surface area contributed by atoms with E-state index in [0.29, 0.717) is 6.54 Å². The van der Waals surface area contributed by atoms with Crippen LogP contribution in [0.25, 0.3) is 0 Å². The molecule has 5 nitrogen and oxygen atoms in total. The Balaban J connectivity index is 3.73. The van der Waals surface area contributed by atoms with Crippen molar-refractivity contribution in [2.45, 2.75) is 19.9 Å². The quantitative estimate of drug-likeness (QED) is 0.503. The Labute approximate surface area is 65.3 Å². The first-order valence-corrected chi connectivity index (χ1v) is 3.41. The third-order valence-electron chi connectivity index (χ3n) is 1.15. The molecule has 0 saturated heterocycles. The van der Waals surface area contributed by atoms with Crippen molar-refractivity contribution in [3.8, 4) is 0 Å². The van der Waals surface area contributed by atoms with Crippen molar-refractivity contribution in [3.05, 3.63) is 0 Å². The molecule has 0 aromatic heterocycles. The van der Waals surface area contributed by atoms with Gasteiger partial charge in [0.25, 0.3) is 0 Å². The van der Waals surface area contributed by atoms with E-state index in [1.165, 1.54) is 0 Å². The maximum Gasteiger partial charge on any atom is 0.318 e. The molecule has 0 aliphatic carbocycles. The molecule has 0 aromatic carbocycles. The topological polar surface area (TPSA) is 84.2 Å². The number of likely N-dealkylation sites (N-methyl/N-ethyl adjacent to an activating group) is 1. The summed E-state index contributed by atoms with van der Waals surface area (Å²) in [5, 5.41) is 4.80. The number of carbonyl (C=O) groups excluding carboxylic acids is 2. The predicted molar refractivity (Wildman–Crippen MR) is 40.9 cm³/mol. The molecule has 1 atom stereocenters. The molecule has 1 unspecified atom stereocenters. The third-order valence-corrected chi connectivity index (χ3v) is 1.15. The van der Waals surface area contributed by atoms with Gasteiger partial charge in [0.05, 0.1) is 6.04 Å². The molecule has 4 N–H and O–H groups in total. The van der Waals surface area contributed by atoms with Gasteiger partial charge in [0.1, 0.15) is 0 Å². The summed E-state index contributed by atoms with van der Waals surface area (Å²) in [7, 11) is 0. The van der Waals surface area contributed by atoms with Gasteiger partial charge in [-0.15, -0.1) is 0 Å². The van der Waals surface area contributed by atoms with Crippen molar-refractivity contribution in [1.82, 2.24) is 10.6 Å². The minimum Gasteiger partial charge on any atom is -0.351 e. The number of hydrogen-bond acceptors (Lipinski definition) is 3. The summed E-state index contributed by atoms with van der Waals surface area (Å²) in [5.74, 6) is -0.403. The van der Waals surface area contributed by atoms with Crippen LogP contribution in [0.1, 0.15) is 13.8 Å². The number of nitrogens with two attached hydrogens (primary N) is 1. The van der Waals surface area contributed by atoms with Crippen LogP contribution in [0, 0.1) is 0 Å². The number of rotatable bonds is 3. The van der Waals surface area contributed by atoms with E-state index in [0.717, 1.165) is 0 Å². The molecule has 3 amide bonds. The van der Waals surface area contributed by atoms with Crippen LogP contribution in [-0.4, -0.2) is 24.5 Å². The Hall–Kier alpha value is -1.10. The molecule has 0 aromatic rings. The number of urea groups is 1. The van der Waals surface area contributed by atoms with E-state index in [9.17, 15) is 9.59 Å². The molecule has 5 heteroatoms. The van der Waals surface area contributed by atoms with Crippen LogP contribution in [0.15, 0.2) is 0 Å². The second kappa shape index (κ2) is 4.68. The fourth-order valence-electron chi connectivity index (χ4n) is 0.629. The Morgan fingerprint density at radius 3 is 2.45 bits per heavy atom. The van der Waals surface area contributed by atoms with E-state index in [1.807, 2.05) is 12.2 Å². The number of carbonyl (C=O) groups is 2. The molecule has 0 aliphatic rings. The van der Waals surface area contributed by atoms with Crippen molar-refractivity contribution in [1.29, 1.82) is 0 Å². The van der Waals surface area contributed by atoms with Gasteiger partial charge in [-0.1, -0.05) is 6.92 Å². The van der Waals surface area contributed by atoms with Crippen LogP contribution in [0.2, 0.25) is 0 Å². The van der Waals surface area contributed by atoms with Gasteiger partial charge in [0.15, 0.2) is 0 Å². The maximum absolute atomic E-state index is 10.9. The number of imide groups is 1. The van der Waals surface area contributed by atoms with Gasteiger partial charge in [0.2, 0.25) is 5.91 Å². The van der Waals surface area contributed by atoms with Crippen molar-refractivity contribution < 1.29 is 9.59 Å². The van der Waals surface area contributed by atoms with E-state index in [-0.39, 0.29) is 6.04 Å². The minimum absolute atomic E-state index is 0.382. The van der Waals surface area contributed by atoms with Crippen LogP contribution in [-0.2, 0) is 4.79 Å². The van der Waals surface area contributed by atoms with Gasteiger partial charge >= 0.3 is 6.03 Å². The lowest BCUT2D eigenvalue weighted by Crippen LogP contribution is -2.46. The second-order valence-corrected chi connectivity index (χ2v) is 2.13. The van der Waals surface area contributed by atoms with Crippen molar-refractivity contribution in [2.75, 3.05) is 6.54 Å². The number of amides is 3. The first-order valence-electron chi connectivity index (χ1n) is 3.41. The molecule has 0 saturated carbocycles. The van der Waals surface area contributed by atoms with E-state index in [1.54, 1.807) is 6.92 Å². The lowest BCUT2D eigenvalue weighted by Gasteiger charge is -2.09. The number of nitrogens with one attached hydrogen (secondary N) is 2. The van der Waals surface area contributed by atoms with Gasteiger partial charge in [-0.05, 0) is 13.5 Å². The first-order chi connectivity index (χ1) is 5.07. The highest BCUT2D eigenvalue weighted by atomic mass is 16.2. The lowest BCUT2D eigenvalue weighted by atomic mass is 10.3. The molecule has 11 heavy (non-hydrogen) atoms. The molecule has 0 heterocycles. The van der Waals surface area contributed by atoms with Crippen LogP contribution in [0.3, 0.4) is 0 Å². The van der Waals surface area contributed by atoms with Crippen LogP contribution >= 0.6 is 0 Å². The molecular formula is C6H13N3O2. The van der Waals surface area contributed by atoms with E-state index >= 15 is 0 Å². The molecule has 0 rings (SSSR count). The van der Waals surface area contributed by atoms with E-state index < -0.39 is 11.9 Å². The van der Waals surface area contributed by atoms with Gasteiger partial charge in [-0.2, -0.15) is 0 Å². The van der Waals surface area contributed by atoms with Gasteiger partial charge < -0.3 is 11.1 Å². The smallest absolute Gasteiger partial charge is 0.318 e. The van der Waals surface area contributed by atoms with Gasteiger partial charge in [-0.25, -0.2) is 4.79 Å². The second-order valence-electron chi connectivity index (χ2n) is 2.13. The average Bonchev–Trinajstić information content (AvgIpc) is 1.86. The van der Waals surface area contributed by atoms with Gasteiger partial charge in [-0.3, -0.25) is 10.1 Å². The highest BCUT2D eigenvalue weighted by molar-refractivity contribution is 5.96. The maximum atomic E-state index is 10.9. The first kappa shape index (κ1) is 9.90. The molecule has 0 radical (unpaired) electrons. The van der Waals surface area contributed by atoms with E-state index in [2.05, 4.69) is 5.32 Å². The zero-order chi connectivity index (χ0) is 8.85. The minimum atomic E-state index is -0.820. The zero-order valence-corrected chi connectivity index (χ0v) is 6.68. The molecule has 64 valence electrons. The van der Waals surface area contributed by atoms with Crippen LogP contribution in [0.4, 0.5) is 4.79 Å². The highest BCUT2D eigenvalue weighted by Gasteiger charge is 2.11. The normalized spacial score (nSPS) is 12.2. The SMILES string of the molecule is CCNC(C)C(=O)NC(N)=O. The van der Waals surface area contributed by atoms with Crippen molar-refractivity contribution in [2.24, 2.45) is 5.73 Å². The predicted octanol–water partition coefficient (Wildman–Crippen LogP) is -0.821. The zero-order valence-electron chi connectivity index (χ0n) is 6.68. The van der Waals surface area contributed by atoms with Crippen molar-refractivity contribution >= 4 is 11.9 Å². The number of hydrogen-bond donors (Lipinski definition) is 3. The summed E-state index contributed by atoms with van der Waals surface area (Å²) in [6.07, 6.45) is 0. The Kier molecular flexibility index (Phi) is 4.21. The molecule has 0 bridgehead atoms. The molecular weight excluding hydrogens is 146 g/mol. The molecule has 0 aliphatic heterocycles. The summed E-state index contributed by atoms with van der Waals surface area (Å²) in [6.45, 7) is 4.20. The van der Waals surface area contributed by atoms with E-state index in [4.69, 9.17) is 5.73 Å². The Bertz CT molecular complexity index is 158. The summed E-state index contributed by atoms with van der Waals surface area (Å²) < 4.78 is 0. The fourth-order valence-corrected chi connectivity index (χ4v) is 0.629. The molecule has 0 spiro atoms. The monoisotopic (exact) mass is 159 g/mol. The average molecular weight is 159 g/mol. The van der Waals surface area contributed by atoms with Crippen molar-refractivity contribution in [3.63, 3.8) is 0 Å². The Morgan fingerprint density at radius 1 is 1.55 bits per heavy atom.